The lowest BCUT2D eigenvalue weighted by molar-refractivity contribution is -0.134. The lowest BCUT2D eigenvalue weighted by atomic mass is 9.87. The van der Waals surface area contributed by atoms with Gasteiger partial charge < -0.3 is 4.90 Å². The minimum absolute atomic E-state index is 0.00573. The second-order valence-corrected chi connectivity index (χ2v) is 10.3. The van der Waals surface area contributed by atoms with Gasteiger partial charge in [-0.15, -0.1) is 0 Å². The molecule has 2 aliphatic rings. The van der Waals surface area contributed by atoms with Gasteiger partial charge in [0.15, 0.2) is 0 Å². The third-order valence-corrected chi connectivity index (χ3v) is 7.25. The number of benzene rings is 1. The number of amides is 1. The standard InChI is InChI=1S/C19H28N2O3S/c1-14-13-17(14)18(22)20-9-11-21(12-10-20)25(23,24)16-7-5-15(6-8-16)19(2,3)4/h5-8,14,17H,9-13H2,1-4H3/t14-,17+/m0/s1. The van der Waals surface area contributed by atoms with Crippen molar-refractivity contribution >= 4 is 15.9 Å². The van der Waals surface area contributed by atoms with Crippen molar-refractivity contribution in [1.82, 2.24) is 9.21 Å². The lowest BCUT2D eigenvalue weighted by Gasteiger charge is -2.34. The number of carbonyl (C=O) groups excluding carboxylic acids is 1. The molecule has 1 heterocycles. The van der Waals surface area contributed by atoms with E-state index < -0.39 is 10.0 Å². The van der Waals surface area contributed by atoms with E-state index in [1.54, 1.807) is 12.1 Å². The Bertz CT molecular complexity index is 742. The van der Waals surface area contributed by atoms with Crippen LogP contribution in [-0.4, -0.2) is 49.7 Å². The zero-order chi connectivity index (χ0) is 18.4. The van der Waals surface area contributed by atoms with Gasteiger partial charge in [0.2, 0.25) is 15.9 Å². The van der Waals surface area contributed by atoms with Gasteiger partial charge in [-0.1, -0.05) is 39.8 Å². The van der Waals surface area contributed by atoms with Crippen LogP contribution in [-0.2, 0) is 20.2 Å². The van der Waals surface area contributed by atoms with Crippen LogP contribution in [0, 0.1) is 11.8 Å². The smallest absolute Gasteiger partial charge is 0.243 e. The first kappa shape index (κ1) is 18.4. The fraction of sp³-hybridized carbons (Fsp3) is 0.632. The number of rotatable bonds is 3. The van der Waals surface area contributed by atoms with Crippen molar-refractivity contribution in [3.63, 3.8) is 0 Å². The Morgan fingerprint density at radius 1 is 1.04 bits per heavy atom. The van der Waals surface area contributed by atoms with Crippen LogP contribution in [0.5, 0.6) is 0 Å². The predicted molar refractivity (Wildman–Crippen MR) is 97.8 cm³/mol. The van der Waals surface area contributed by atoms with Gasteiger partial charge in [-0.3, -0.25) is 4.79 Å². The fourth-order valence-corrected chi connectivity index (χ4v) is 4.75. The van der Waals surface area contributed by atoms with E-state index in [4.69, 9.17) is 0 Å². The molecule has 1 aromatic carbocycles. The molecule has 1 aromatic rings. The van der Waals surface area contributed by atoms with Gasteiger partial charge in [0.05, 0.1) is 4.90 Å². The molecule has 0 aromatic heterocycles. The molecule has 1 saturated heterocycles. The Hall–Kier alpha value is -1.40. The highest BCUT2D eigenvalue weighted by Gasteiger charge is 2.42. The molecule has 5 nitrogen and oxygen atoms in total. The Morgan fingerprint density at radius 2 is 1.56 bits per heavy atom. The summed E-state index contributed by atoms with van der Waals surface area (Å²) in [6.07, 6.45) is 0.970. The van der Waals surface area contributed by atoms with E-state index in [1.165, 1.54) is 4.31 Å². The van der Waals surface area contributed by atoms with Gasteiger partial charge in [0.25, 0.3) is 0 Å². The van der Waals surface area contributed by atoms with Crippen molar-refractivity contribution in [2.24, 2.45) is 11.8 Å². The van der Waals surface area contributed by atoms with Gasteiger partial charge in [-0.25, -0.2) is 8.42 Å². The van der Waals surface area contributed by atoms with Gasteiger partial charge in [-0.2, -0.15) is 4.31 Å². The normalized spacial score (nSPS) is 25.0. The van der Waals surface area contributed by atoms with E-state index in [1.807, 2.05) is 17.0 Å². The number of nitrogens with zero attached hydrogens (tertiary/aromatic N) is 2. The maximum absolute atomic E-state index is 12.8. The predicted octanol–water partition coefficient (Wildman–Crippen LogP) is 2.47. The van der Waals surface area contributed by atoms with Crippen LogP contribution >= 0.6 is 0 Å². The summed E-state index contributed by atoms with van der Waals surface area (Å²) >= 11 is 0. The van der Waals surface area contributed by atoms with Crippen molar-refractivity contribution in [2.45, 2.75) is 44.4 Å². The van der Waals surface area contributed by atoms with Crippen LogP contribution in [0.1, 0.15) is 39.7 Å². The van der Waals surface area contributed by atoms with Crippen LogP contribution in [0.3, 0.4) is 0 Å². The minimum Gasteiger partial charge on any atom is -0.340 e. The van der Waals surface area contributed by atoms with Gasteiger partial charge in [0, 0.05) is 32.1 Å². The Morgan fingerprint density at radius 3 is 2.00 bits per heavy atom. The topological polar surface area (TPSA) is 57.7 Å². The fourth-order valence-electron chi connectivity index (χ4n) is 3.33. The molecule has 25 heavy (non-hydrogen) atoms. The summed E-state index contributed by atoms with van der Waals surface area (Å²) in [5.74, 6) is 0.836. The molecular formula is C19H28N2O3S. The maximum Gasteiger partial charge on any atom is 0.243 e. The van der Waals surface area contributed by atoms with Crippen LogP contribution < -0.4 is 0 Å². The average Bonchev–Trinajstić information content (AvgIpc) is 3.30. The zero-order valence-corrected chi connectivity index (χ0v) is 16.3. The van der Waals surface area contributed by atoms with Crippen molar-refractivity contribution in [3.05, 3.63) is 29.8 Å². The first-order chi connectivity index (χ1) is 11.6. The summed E-state index contributed by atoms with van der Waals surface area (Å²) in [4.78, 5) is 14.4. The van der Waals surface area contributed by atoms with Crippen LogP contribution in [0.25, 0.3) is 0 Å². The van der Waals surface area contributed by atoms with E-state index in [9.17, 15) is 13.2 Å². The monoisotopic (exact) mass is 364 g/mol. The van der Waals surface area contributed by atoms with Gasteiger partial charge >= 0.3 is 0 Å². The van der Waals surface area contributed by atoms with Crippen LogP contribution in [0.15, 0.2) is 29.2 Å². The first-order valence-electron chi connectivity index (χ1n) is 9.00. The number of piperazine rings is 1. The molecule has 0 N–H and O–H groups in total. The SMILES string of the molecule is C[C@H]1C[C@H]1C(=O)N1CCN(S(=O)(=O)c2ccc(C(C)(C)C)cc2)CC1. The van der Waals surface area contributed by atoms with E-state index in [0.717, 1.165) is 12.0 Å². The molecule has 0 unspecified atom stereocenters. The number of carbonyl (C=O) groups is 1. The highest BCUT2D eigenvalue weighted by atomic mass is 32.2. The Kier molecular flexibility index (Phi) is 4.71. The molecule has 138 valence electrons. The van der Waals surface area contributed by atoms with Crippen molar-refractivity contribution in [1.29, 1.82) is 0 Å². The maximum atomic E-state index is 12.8. The van der Waals surface area contributed by atoms with E-state index in [-0.39, 0.29) is 17.2 Å². The Labute approximate surface area is 151 Å². The van der Waals surface area contributed by atoms with Crippen LogP contribution in [0.2, 0.25) is 0 Å². The molecule has 6 heteroatoms. The zero-order valence-electron chi connectivity index (χ0n) is 15.5. The second-order valence-electron chi connectivity index (χ2n) is 8.32. The summed E-state index contributed by atoms with van der Waals surface area (Å²) < 4.78 is 27.2. The summed E-state index contributed by atoms with van der Waals surface area (Å²) in [7, 11) is -3.49. The largest absolute Gasteiger partial charge is 0.340 e. The molecule has 0 radical (unpaired) electrons. The third-order valence-electron chi connectivity index (χ3n) is 5.34. The molecular weight excluding hydrogens is 336 g/mol. The second kappa shape index (κ2) is 6.40. The summed E-state index contributed by atoms with van der Waals surface area (Å²) in [5, 5.41) is 0. The van der Waals surface area contributed by atoms with E-state index >= 15 is 0 Å². The van der Waals surface area contributed by atoms with Gasteiger partial charge in [0.1, 0.15) is 0 Å². The Balaban J connectivity index is 1.66. The quantitative estimate of drug-likeness (QED) is 0.828. The summed E-state index contributed by atoms with van der Waals surface area (Å²) in [6, 6.07) is 7.17. The highest BCUT2D eigenvalue weighted by molar-refractivity contribution is 7.89. The van der Waals surface area contributed by atoms with Crippen molar-refractivity contribution in [3.8, 4) is 0 Å². The number of hydrogen-bond acceptors (Lipinski definition) is 3. The van der Waals surface area contributed by atoms with Crippen molar-refractivity contribution in [2.75, 3.05) is 26.2 Å². The molecule has 1 aliphatic carbocycles. The summed E-state index contributed by atoms with van der Waals surface area (Å²) in [5.41, 5.74) is 1.11. The molecule has 3 rings (SSSR count). The number of sulfonamides is 1. The molecule has 1 saturated carbocycles. The lowest BCUT2D eigenvalue weighted by Crippen LogP contribution is -2.51. The molecule has 2 atom stereocenters. The van der Waals surface area contributed by atoms with Crippen LogP contribution in [0.4, 0.5) is 0 Å². The van der Waals surface area contributed by atoms with Crippen molar-refractivity contribution < 1.29 is 13.2 Å². The molecule has 0 spiro atoms. The first-order valence-corrected chi connectivity index (χ1v) is 10.4. The molecule has 0 bridgehead atoms. The van der Waals surface area contributed by atoms with E-state index in [2.05, 4.69) is 27.7 Å². The van der Waals surface area contributed by atoms with E-state index in [0.29, 0.717) is 37.0 Å². The minimum atomic E-state index is -3.49. The molecule has 1 amide bonds. The van der Waals surface area contributed by atoms with Gasteiger partial charge in [-0.05, 0) is 35.4 Å². The number of hydrogen-bond donors (Lipinski definition) is 0. The average molecular weight is 365 g/mol. The summed E-state index contributed by atoms with van der Waals surface area (Å²) in [6.45, 7) is 10.1. The molecule has 2 fully saturated rings. The highest BCUT2D eigenvalue weighted by Crippen LogP contribution is 2.39. The third kappa shape index (κ3) is 3.75. The molecule has 1 aliphatic heterocycles.